The number of aliphatic hydroxyl groups is 1. The second-order valence-corrected chi connectivity index (χ2v) is 12.3. The molecule has 0 radical (unpaired) electrons. The maximum atomic E-state index is 12.1. The van der Waals surface area contributed by atoms with Gasteiger partial charge < -0.3 is 14.6 Å². The fraction of sp³-hybridized carbons (Fsp3) is 0.795. The first-order chi connectivity index (χ1) is 21.6. The van der Waals surface area contributed by atoms with E-state index in [9.17, 15) is 14.7 Å². The van der Waals surface area contributed by atoms with E-state index in [1.165, 1.54) is 103 Å². The monoisotopic (exact) mass is 619 g/mol. The molecule has 0 aliphatic rings. The third-order valence-electron chi connectivity index (χ3n) is 7.91. The maximum absolute atomic E-state index is 12.1. The molecule has 0 bridgehead atoms. The smallest absolute Gasteiger partial charge is 0.306 e. The standard InChI is InChI=1S/C39H70O5/c1-3-5-7-9-11-13-15-17-19-21-23-25-27-29-31-33-38(41)43-36-37(35-40)44-39(42)34-32-30-28-26-24-22-20-18-16-14-12-10-8-6-4-2/h11,13-14,16-17,19,37,40H,3-10,12,15,18,20-36H2,1-2H3. The number of hydrogen-bond donors (Lipinski definition) is 1. The van der Waals surface area contributed by atoms with Crippen molar-refractivity contribution in [2.75, 3.05) is 13.2 Å². The fourth-order valence-corrected chi connectivity index (χ4v) is 5.05. The minimum absolute atomic E-state index is 0.0740. The third kappa shape index (κ3) is 33.0. The molecule has 0 aliphatic carbocycles. The van der Waals surface area contributed by atoms with Crippen LogP contribution in [0.2, 0.25) is 0 Å². The highest BCUT2D eigenvalue weighted by Gasteiger charge is 2.16. The molecule has 1 N–H and O–H groups in total. The van der Waals surface area contributed by atoms with Gasteiger partial charge in [-0.05, 0) is 70.6 Å². The van der Waals surface area contributed by atoms with Crippen LogP contribution >= 0.6 is 0 Å². The molecular formula is C39H70O5. The lowest BCUT2D eigenvalue weighted by molar-refractivity contribution is -0.161. The van der Waals surface area contributed by atoms with E-state index in [2.05, 4.69) is 50.3 Å². The zero-order valence-electron chi connectivity index (χ0n) is 28.9. The molecule has 0 aliphatic heterocycles. The molecular weight excluding hydrogens is 548 g/mol. The normalized spacial score (nSPS) is 12.5. The summed E-state index contributed by atoms with van der Waals surface area (Å²) in [6.07, 6.45) is 41.9. The Morgan fingerprint density at radius 3 is 1.41 bits per heavy atom. The molecule has 5 heteroatoms. The number of aliphatic hydroxyl groups excluding tert-OH is 1. The molecule has 256 valence electrons. The maximum Gasteiger partial charge on any atom is 0.306 e. The lowest BCUT2D eigenvalue weighted by Gasteiger charge is -2.15. The van der Waals surface area contributed by atoms with Gasteiger partial charge in [-0.25, -0.2) is 0 Å². The quantitative estimate of drug-likeness (QED) is 0.0450. The van der Waals surface area contributed by atoms with E-state index in [4.69, 9.17) is 9.47 Å². The average molecular weight is 619 g/mol. The Hall–Kier alpha value is -1.88. The molecule has 0 fully saturated rings. The largest absolute Gasteiger partial charge is 0.462 e. The molecule has 0 spiro atoms. The van der Waals surface area contributed by atoms with E-state index in [0.29, 0.717) is 12.8 Å². The van der Waals surface area contributed by atoms with Gasteiger partial charge in [-0.2, -0.15) is 0 Å². The van der Waals surface area contributed by atoms with Crippen molar-refractivity contribution < 1.29 is 24.2 Å². The summed E-state index contributed by atoms with van der Waals surface area (Å²) in [6, 6.07) is 0. The van der Waals surface area contributed by atoms with Gasteiger partial charge in [-0.3, -0.25) is 9.59 Å². The van der Waals surface area contributed by atoms with E-state index >= 15 is 0 Å². The van der Waals surface area contributed by atoms with Gasteiger partial charge in [0.05, 0.1) is 6.61 Å². The first-order valence-corrected chi connectivity index (χ1v) is 18.5. The van der Waals surface area contributed by atoms with Crippen molar-refractivity contribution in [3.63, 3.8) is 0 Å². The molecule has 1 atom stereocenters. The number of carbonyl (C=O) groups excluding carboxylic acids is 2. The number of esters is 2. The Morgan fingerprint density at radius 1 is 0.523 bits per heavy atom. The Balaban J connectivity index is 3.60. The topological polar surface area (TPSA) is 72.8 Å². The van der Waals surface area contributed by atoms with Gasteiger partial charge in [0.2, 0.25) is 0 Å². The molecule has 0 aromatic carbocycles. The number of hydrogen-bond acceptors (Lipinski definition) is 5. The van der Waals surface area contributed by atoms with Crippen molar-refractivity contribution in [3.05, 3.63) is 36.5 Å². The Labute approximate surface area is 272 Å². The van der Waals surface area contributed by atoms with Crippen LogP contribution in [-0.4, -0.2) is 36.4 Å². The van der Waals surface area contributed by atoms with Crippen LogP contribution in [0.1, 0.15) is 181 Å². The summed E-state index contributed by atoms with van der Waals surface area (Å²) in [5.41, 5.74) is 0. The molecule has 0 saturated carbocycles. The lowest BCUT2D eigenvalue weighted by atomic mass is 10.1. The Kier molecular flexibility index (Phi) is 34.1. The molecule has 0 amide bonds. The summed E-state index contributed by atoms with van der Waals surface area (Å²) in [6.45, 7) is 4.07. The zero-order chi connectivity index (χ0) is 32.2. The molecule has 0 aromatic rings. The number of unbranched alkanes of at least 4 members (excludes halogenated alkanes) is 19. The number of carbonyl (C=O) groups is 2. The first-order valence-electron chi connectivity index (χ1n) is 18.5. The predicted molar refractivity (Wildman–Crippen MR) is 187 cm³/mol. The van der Waals surface area contributed by atoms with E-state index in [1.54, 1.807) is 0 Å². The van der Waals surface area contributed by atoms with Crippen LogP contribution in [0, 0.1) is 0 Å². The van der Waals surface area contributed by atoms with Crippen LogP contribution in [0.15, 0.2) is 36.5 Å². The molecule has 0 rings (SSSR count). The van der Waals surface area contributed by atoms with Gasteiger partial charge in [0, 0.05) is 12.8 Å². The van der Waals surface area contributed by atoms with Crippen LogP contribution in [0.4, 0.5) is 0 Å². The average Bonchev–Trinajstić information content (AvgIpc) is 3.02. The van der Waals surface area contributed by atoms with Crippen LogP contribution in [0.3, 0.4) is 0 Å². The Morgan fingerprint density at radius 2 is 0.909 bits per heavy atom. The summed E-state index contributed by atoms with van der Waals surface area (Å²) in [4.78, 5) is 24.2. The van der Waals surface area contributed by atoms with Gasteiger partial charge in [0.25, 0.3) is 0 Å². The number of rotatable bonds is 33. The van der Waals surface area contributed by atoms with Crippen LogP contribution in [0.5, 0.6) is 0 Å². The number of ether oxygens (including phenoxy) is 2. The van der Waals surface area contributed by atoms with Gasteiger partial charge in [-0.1, -0.05) is 134 Å². The highest BCUT2D eigenvalue weighted by molar-refractivity contribution is 5.70. The van der Waals surface area contributed by atoms with Crippen molar-refractivity contribution in [1.29, 1.82) is 0 Å². The van der Waals surface area contributed by atoms with Crippen LogP contribution in [-0.2, 0) is 19.1 Å². The second-order valence-electron chi connectivity index (χ2n) is 12.3. The van der Waals surface area contributed by atoms with E-state index < -0.39 is 6.10 Å². The van der Waals surface area contributed by atoms with Crippen LogP contribution in [0.25, 0.3) is 0 Å². The predicted octanol–water partition coefficient (Wildman–Crippen LogP) is 11.3. The molecule has 1 unspecified atom stereocenters. The molecule has 0 heterocycles. The van der Waals surface area contributed by atoms with E-state index in [0.717, 1.165) is 51.4 Å². The molecule has 0 saturated heterocycles. The molecule has 5 nitrogen and oxygen atoms in total. The van der Waals surface area contributed by atoms with Gasteiger partial charge in [0.1, 0.15) is 6.61 Å². The molecule has 0 aromatic heterocycles. The summed E-state index contributed by atoms with van der Waals surface area (Å²) in [5.74, 6) is -0.612. The first kappa shape index (κ1) is 42.1. The van der Waals surface area contributed by atoms with Crippen molar-refractivity contribution in [1.82, 2.24) is 0 Å². The van der Waals surface area contributed by atoms with Gasteiger partial charge in [-0.15, -0.1) is 0 Å². The third-order valence-corrected chi connectivity index (χ3v) is 7.91. The highest BCUT2D eigenvalue weighted by Crippen LogP contribution is 2.12. The van der Waals surface area contributed by atoms with E-state index in [-0.39, 0.29) is 25.2 Å². The lowest BCUT2D eigenvalue weighted by Crippen LogP contribution is -2.28. The van der Waals surface area contributed by atoms with E-state index in [1.807, 2.05) is 0 Å². The summed E-state index contributed by atoms with van der Waals surface area (Å²) in [7, 11) is 0. The minimum atomic E-state index is -0.776. The zero-order valence-corrected chi connectivity index (χ0v) is 28.9. The summed E-state index contributed by atoms with van der Waals surface area (Å²) < 4.78 is 10.6. The summed E-state index contributed by atoms with van der Waals surface area (Å²) >= 11 is 0. The highest BCUT2D eigenvalue weighted by atomic mass is 16.6. The molecule has 44 heavy (non-hydrogen) atoms. The fourth-order valence-electron chi connectivity index (χ4n) is 5.05. The second kappa shape index (κ2) is 35.6. The van der Waals surface area contributed by atoms with Crippen molar-refractivity contribution >= 4 is 11.9 Å². The SMILES string of the molecule is CCCCCC=CCC=CCCCCCCCC(=O)OCC(CO)OC(=O)CCCCCCCCCC=CCCCCCC. The van der Waals surface area contributed by atoms with Gasteiger partial charge in [0.15, 0.2) is 6.10 Å². The number of allylic oxidation sites excluding steroid dienone is 6. The van der Waals surface area contributed by atoms with Crippen molar-refractivity contribution in [2.24, 2.45) is 0 Å². The van der Waals surface area contributed by atoms with Crippen molar-refractivity contribution in [3.8, 4) is 0 Å². The summed E-state index contributed by atoms with van der Waals surface area (Å²) in [5, 5.41) is 9.53. The Bertz CT molecular complexity index is 711. The van der Waals surface area contributed by atoms with Gasteiger partial charge >= 0.3 is 11.9 Å². The minimum Gasteiger partial charge on any atom is -0.462 e. The van der Waals surface area contributed by atoms with Crippen molar-refractivity contribution in [2.45, 2.75) is 187 Å². The van der Waals surface area contributed by atoms with Crippen LogP contribution < -0.4 is 0 Å².